The number of benzene rings is 2. The SMILES string of the molecule is CCOc1ccc(C=NNc2nc3ccccc3s2)c(OCC)c1. The van der Waals surface area contributed by atoms with Gasteiger partial charge in [0.2, 0.25) is 5.13 Å². The van der Waals surface area contributed by atoms with Crippen LogP contribution in [0.4, 0.5) is 5.13 Å². The molecule has 0 aliphatic carbocycles. The Bertz CT molecular complexity index is 812. The number of ether oxygens (including phenoxy) is 2. The second-order valence-electron chi connectivity index (χ2n) is 4.92. The fourth-order valence-corrected chi connectivity index (χ4v) is 3.05. The van der Waals surface area contributed by atoms with E-state index in [4.69, 9.17) is 9.47 Å². The molecule has 0 fully saturated rings. The van der Waals surface area contributed by atoms with Gasteiger partial charge in [-0.05, 0) is 38.1 Å². The van der Waals surface area contributed by atoms with E-state index in [2.05, 4.69) is 15.5 Å². The Hall–Kier alpha value is -2.60. The molecular formula is C18H19N3O2S. The van der Waals surface area contributed by atoms with Gasteiger partial charge in [-0.25, -0.2) is 4.98 Å². The van der Waals surface area contributed by atoms with Crippen LogP contribution < -0.4 is 14.9 Å². The monoisotopic (exact) mass is 341 g/mol. The highest BCUT2D eigenvalue weighted by molar-refractivity contribution is 7.22. The van der Waals surface area contributed by atoms with Crippen LogP contribution in [0.15, 0.2) is 47.6 Å². The van der Waals surface area contributed by atoms with Crippen LogP contribution in [0.1, 0.15) is 19.4 Å². The number of aromatic nitrogens is 1. The van der Waals surface area contributed by atoms with Crippen molar-refractivity contribution in [3.05, 3.63) is 48.0 Å². The zero-order chi connectivity index (χ0) is 16.8. The van der Waals surface area contributed by atoms with E-state index >= 15 is 0 Å². The molecule has 0 bridgehead atoms. The van der Waals surface area contributed by atoms with Crippen molar-refractivity contribution in [3.8, 4) is 11.5 Å². The number of hydrogen-bond acceptors (Lipinski definition) is 6. The highest BCUT2D eigenvalue weighted by Gasteiger charge is 2.05. The average Bonchev–Trinajstić information content (AvgIpc) is 3.00. The third-order valence-corrected chi connectivity index (χ3v) is 4.19. The Morgan fingerprint density at radius 2 is 1.96 bits per heavy atom. The van der Waals surface area contributed by atoms with Crippen LogP contribution >= 0.6 is 11.3 Å². The van der Waals surface area contributed by atoms with Crippen molar-refractivity contribution < 1.29 is 9.47 Å². The topological polar surface area (TPSA) is 55.7 Å². The lowest BCUT2D eigenvalue weighted by atomic mass is 10.2. The second-order valence-corrected chi connectivity index (χ2v) is 5.95. The van der Waals surface area contributed by atoms with Gasteiger partial charge in [0.25, 0.3) is 0 Å². The van der Waals surface area contributed by atoms with E-state index in [1.807, 2.05) is 56.3 Å². The lowest BCUT2D eigenvalue weighted by molar-refractivity contribution is 0.323. The maximum absolute atomic E-state index is 5.66. The minimum atomic E-state index is 0.585. The smallest absolute Gasteiger partial charge is 0.204 e. The molecule has 6 heteroatoms. The highest BCUT2D eigenvalue weighted by atomic mass is 32.1. The van der Waals surface area contributed by atoms with Crippen molar-refractivity contribution in [1.29, 1.82) is 0 Å². The summed E-state index contributed by atoms with van der Waals surface area (Å²) in [4.78, 5) is 4.48. The van der Waals surface area contributed by atoms with Crippen molar-refractivity contribution in [2.75, 3.05) is 18.6 Å². The van der Waals surface area contributed by atoms with Crippen LogP contribution in [0.25, 0.3) is 10.2 Å². The van der Waals surface area contributed by atoms with Crippen LogP contribution in [0.5, 0.6) is 11.5 Å². The Balaban J connectivity index is 1.75. The number of para-hydroxylation sites is 1. The molecule has 5 nitrogen and oxygen atoms in total. The summed E-state index contributed by atoms with van der Waals surface area (Å²) in [6.45, 7) is 5.12. The molecular weight excluding hydrogens is 322 g/mol. The van der Waals surface area contributed by atoms with Crippen molar-refractivity contribution in [3.63, 3.8) is 0 Å². The first-order chi connectivity index (χ1) is 11.8. The number of thiazole rings is 1. The lowest BCUT2D eigenvalue weighted by Crippen LogP contribution is -1.99. The molecule has 3 rings (SSSR count). The Morgan fingerprint density at radius 1 is 1.12 bits per heavy atom. The van der Waals surface area contributed by atoms with Gasteiger partial charge in [-0.15, -0.1) is 0 Å². The van der Waals surface area contributed by atoms with Crippen LogP contribution in [0.3, 0.4) is 0 Å². The molecule has 0 amide bonds. The number of nitrogens with one attached hydrogen (secondary N) is 1. The van der Waals surface area contributed by atoms with Crippen LogP contribution in [0.2, 0.25) is 0 Å². The number of fused-ring (bicyclic) bond motifs is 1. The van der Waals surface area contributed by atoms with Gasteiger partial charge >= 0.3 is 0 Å². The lowest BCUT2D eigenvalue weighted by Gasteiger charge is -2.09. The molecule has 1 heterocycles. The van der Waals surface area contributed by atoms with Crippen LogP contribution in [-0.4, -0.2) is 24.4 Å². The molecule has 0 radical (unpaired) electrons. The standard InChI is InChI=1S/C18H19N3O2S/c1-3-22-14-10-9-13(16(11-14)23-4-2)12-19-21-18-20-15-7-5-6-8-17(15)24-18/h5-12H,3-4H2,1-2H3,(H,20,21). The third-order valence-electron chi connectivity index (χ3n) is 3.25. The van der Waals surface area contributed by atoms with Crippen molar-refractivity contribution in [2.45, 2.75) is 13.8 Å². The molecule has 0 saturated heterocycles. The summed E-state index contributed by atoms with van der Waals surface area (Å²) in [7, 11) is 0. The molecule has 3 aromatic rings. The third kappa shape index (κ3) is 3.83. The maximum atomic E-state index is 5.66. The molecule has 2 aromatic carbocycles. The first-order valence-electron chi connectivity index (χ1n) is 7.84. The summed E-state index contributed by atoms with van der Waals surface area (Å²) in [6, 6.07) is 13.7. The average molecular weight is 341 g/mol. The number of hydrogen-bond donors (Lipinski definition) is 1. The Morgan fingerprint density at radius 3 is 2.75 bits per heavy atom. The van der Waals surface area contributed by atoms with Gasteiger partial charge in [0.15, 0.2) is 0 Å². The highest BCUT2D eigenvalue weighted by Crippen LogP contribution is 2.26. The minimum Gasteiger partial charge on any atom is -0.494 e. The normalized spacial score (nSPS) is 11.1. The molecule has 124 valence electrons. The fraction of sp³-hybridized carbons (Fsp3) is 0.222. The van der Waals surface area contributed by atoms with Gasteiger partial charge in [0.1, 0.15) is 11.5 Å². The predicted octanol–water partition coefficient (Wildman–Crippen LogP) is 4.54. The largest absolute Gasteiger partial charge is 0.494 e. The van der Waals surface area contributed by atoms with E-state index in [9.17, 15) is 0 Å². The summed E-state index contributed by atoms with van der Waals surface area (Å²) >= 11 is 1.57. The first-order valence-corrected chi connectivity index (χ1v) is 8.66. The Labute approximate surface area is 144 Å². The first kappa shape index (κ1) is 16.3. The minimum absolute atomic E-state index is 0.585. The van der Waals surface area contributed by atoms with E-state index in [1.54, 1.807) is 17.6 Å². The quantitative estimate of drug-likeness (QED) is 0.506. The van der Waals surface area contributed by atoms with Gasteiger partial charge in [0, 0.05) is 11.6 Å². The van der Waals surface area contributed by atoms with E-state index in [1.165, 1.54) is 0 Å². The zero-order valence-corrected chi connectivity index (χ0v) is 14.5. The summed E-state index contributed by atoms with van der Waals surface area (Å²) in [5, 5.41) is 5.04. The molecule has 0 aliphatic rings. The molecule has 0 saturated carbocycles. The van der Waals surface area contributed by atoms with Crippen molar-refractivity contribution in [1.82, 2.24) is 4.98 Å². The number of anilines is 1. The van der Waals surface area contributed by atoms with Crippen molar-refractivity contribution in [2.24, 2.45) is 5.10 Å². The summed E-state index contributed by atoms with van der Waals surface area (Å²) < 4.78 is 12.3. The van der Waals surface area contributed by atoms with Crippen LogP contribution in [-0.2, 0) is 0 Å². The number of nitrogens with zero attached hydrogens (tertiary/aromatic N) is 2. The van der Waals surface area contributed by atoms with E-state index in [0.29, 0.717) is 13.2 Å². The molecule has 0 aliphatic heterocycles. The van der Waals surface area contributed by atoms with E-state index < -0.39 is 0 Å². The van der Waals surface area contributed by atoms with Gasteiger partial charge in [-0.3, -0.25) is 5.43 Å². The summed E-state index contributed by atoms with van der Waals surface area (Å²) in [5.74, 6) is 1.54. The van der Waals surface area contributed by atoms with E-state index in [-0.39, 0.29) is 0 Å². The van der Waals surface area contributed by atoms with Gasteiger partial charge in [0.05, 0.1) is 29.6 Å². The second kappa shape index (κ2) is 7.79. The van der Waals surface area contributed by atoms with Crippen LogP contribution in [0, 0.1) is 0 Å². The van der Waals surface area contributed by atoms with Crippen molar-refractivity contribution >= 4 is 32.9 Å². The van der Waals surface area contributed by atoms with Gasteiger partial charge < -0.3 is 9.47 Å². The molecule has 0 unspecified atom stereocenters. The summed E-state index contributed by atoms with van der Waals surface area (Å²) in [6.07, 6.45) is 1.73. The molecule has 1 aromatic heterocycles. The van der Waals surface area contributed by atoms with Gasteiger partial charge in [-0.2, -0.15) is 5.10 Å². The molecule has 1 N–H and O–H groups in total. The number of rotatable bonds is 7. The Kier molecular flexibility index (Phi) is 5.28. The molecule has 24 heavy (non-hydrogen) atoms. The fourth-order valence-electron chi connectivity index (χ4n) is 2.24. The predicted molar refractivity (Wildman–Crippen MR) is 99.6 cm³/mol. The van der Waals surface area contributed by atoms with E-state index in [0.717, 1.165) is 32.4 Å². The molecule has 0 spiro atoms. The molecule has 0 atom stereocenters. The van der Waals surface area contributed by atoms with Gasteiger partial charge in [-0.1, -0.05) is 23.5 Å². The maximum Gasteiger partial charge on any atom is 0.204 e. The number of hydrazone groups is 1. The summed E-state index contributed by atoms with van der Waals surface area (Å²) in [5.41, 5.74) is 4.83. The zero-order valence-electron chi connectivity index (χ0n) is 13.7.